The number of nitro benzene ring substituents is 1. The first-order chi connectivity index (χ1) is 10.9. The predicted octanol–water partition coefficient (Wildman–Crippen LogP) is 1.69. The molecule has 1 aromatic rings. The number of benzene rings is 1. The second-order valence-corrected chi connectivity index (χ2v) is 7.23. The number of hydrogen-bond acceptors (Lipinski definition) is 6. The van der Waals surface area contributed by atoms with Gasteiger partial charge in [0.25, 0.3) is 5.69 Å². The number of nitro groups is 1. The molecule has 0 aliphatic carbocycles. The van der Waals surface area contributed by atoms with Gasteiger partial charge in [-0.2, -0.15) is 0 Å². The molecular formula is C14H22ClN3O5S. The van der Waals surface area contributed by atoms with Crippen LogP contribution in [0, 0.1) is 16.0 Å². The van der Waals surface area contributed by atoms with E-state index in [4.69, 9.17) is 4.74 Å². The second kappa shape index (κ2) is 9.16. The van der Waals surface area contributed by atoms with Gasteiger partial charge in [0.15, 0.2) is 0 Å². The third kappa shape index (κ3) is 5.30. The summed E-state index contributed by atoms with van der Waals surface area (Å²) in [5.41, 5.74) is -0.289. The van der Waals surface area contributed by atoms with Crippen LogP contribution in [0.5, 0.6) is 5.75 Å². The van der Waals surface area contributed by atoms with Crippen LogP contribution in [0.1, 0.15) is 19.3 Å². The molecule has 1 unspecified atom stereocenters. The molecule has 8 nitrogen and oxygen atoms in total. The summed E-state index contributed by atoms with van der Waals surface area (Å²) in [5.74, 6) is 0.529. The molecule has 0 spiro atoms. The summed E-state index contributed by atoms with van der Waals surface area (Å²) < 4.78 is 32.3. The lowest BCUT2D eigenvalue weighted by Gasteiger charge is -2.22. The summed E-state index contributed by atoms with van der Waals surface area (Å²) >= 11 is 0. The van der Waals surface area contributed by atoms with Gasteiger partial charge in [-0.05, 0) is 44.3 Å². The summed E-state index contributed by atoms with van der Waals surface area (Å²) in [6, 6.07) is 3.52. The molecule has 1 aliphatic heterocycles. The Bertz CT molecular complexity index is 662. The maximum Gasteiger partial charge on any atom is 0.271 e. The number of non-ortho nitro benzene ring substituents is 1. The van der Waals surface area contributed by atoms with E-state index < -0.39 is 14.9 Å². The van der Waals surface area contributed by atoms with Crippen LogP contribution in [0.4, 0.5) is 5.69 Å². The highest BCUT2D eigenvalue weighted by molar-refractivity contribution is 7.89. The van der Waals surface area contributed by atoms with Crippen molar-refractivity contribution in [2.75, 3.05) is 26.7 Å². The fraction of sp³-hybridized carbons (Fsp3) is 0.571. The normalized spacial score (nSPS) is 17.8. The number of nitrogens with zero attached hydrogens (tertiary/aromatic N) is 1. The molecule has 0 amide bonds. The van der Waals surface area contributed by atoms with Crippen LogP contribution >= 0.6 is 12.4 Å². The maximum absolute atomic E-state index is 12.4. The first-order valence-corrected chi connectivity index (χ1v) is 8.95. The SMILES string of the molecule is COc1ccc([N+](=O)[O-])cc1S(=O)(=O)NCCC1CCCNC1.Cl. The number of ether oxygens (including phenoxy) is 1. The van der Waals surface area contributed by atoms with E-state index in [2.05, 4.69) is 10.0 Å². The van der Waals surface area contributed by atoms with Crippen LogP contribution in [0.25, 0.3) is 0 Å². The van der Waals surface area contributed by atoms with Crippen LogP contribution in [0.3, 0.4) is 0 Å². The van der Waals surface area contributed by atoms with Crippen LogP contribution < -0.4 is 14.8 Å². The molecule has 0 aromatic heterocycles. The molecule has 2 rings (SSSR count). The van der Waals surface area contributed by atoms with Gasteiger partial charge in [0.1, 0.15) is 10.6 Å². The highest BCUT2D eigenvalue weighted by Crippen LogP contribution is 2.28. The van der Waals surface area contributed by atoms with Gasteiger partial charge >= 0.3 is 0 Å². The predicted molar refractivity (Wildman–Crippen MR) is 92.3 cm³/mol. The van der Waals surface area contributed by atoms with Crippen molar-refractivity contribution in [3.8, 4) is 5.75 Å². The topological polar surface area (TPSA) is 111 Å². The standard InChI is InChI=1S/C14H21N3O5S.ClH/c1-22-13-5-4-12(17(18)19)9-14(13)23(20,21)16-8-6-11-3-2-7-15-10-11;/h4-5,9,11,15-16H,2-3,6-8,10H2,1H3;1H. The zero-order chi connectivity index (χ0) is 16.9. The molecule has 136 valence electrons. The van der Waals surface area contributed by atoms with E-state index >= 15 is 0 Å². The third-order valence-corrected chi connectivity index (χ3v) is 5.37. The Hall–Kier alpha value is -1.42. The molecule has 10 heteroatoms. The fourth-order valence-corrected chi connectivity index (χ4v) is 3.87. The van der Waals surface area contributed by atoms with Gasteiger partial charge in [-0.15, -0.1) is 12.4 Å². The van der Waals surface area contributed by atoms with Crippen molar-refractivity contribution in [3.63, 3.8) is 0 Å². The number of nitrogens with one attached hydrogen (secondary N) is 2. The van der Waals surface area contributed by atoms with E-state index in [1.54, 1.807) is 0 Å². The quantitative estimate of drug-likeness (QED) is 0.551. The minimum atomic E-state index is -3.86. The van der Waals surface area contributed by atoms with Crippen LogP contribution in [0.2, 0.25) is 0 Å². The Kier molecular flexibility index (Phi) is 7.88. The number of rotatable bonds is 7. The Balaban J connectivity index is 0.00000288. The zero-order valence-corrected chi connectivity index (χ0v) is 15.0. The Morgan fingerprint density at radius 2 is 2.21 bits per heavy atom. The van der Waals surface area contributed by atoms with Crippen LogP contribution in [0.15, 0.2) is 23.1 Å². The van der Waals surface area contributed by atoms with Crippen molar-refractivity contribution >= 4 is 28.1 Å². The number of methoxy groups -OCH3 is 1. The lowest BCUT2D eigenvalue weighted by Crippen LogP contribution is -2.33. The molecule has 24 heavy (non-hydrogen) atoms. The lowest BCUT2D eigenvalue weighted by molar-refractivity contribution is -0.385. The lowest BCUT2D eigenvalue weighted by atomic mass is 9.96. The van der Waals surface area contributed by atoms with E-state index in [0.29, 0.717) is 12.5 Å². The van der Waals surface area contributed by atoms with Crippen molar-refractivity contribution in [2.45, 2.75) is 24.2 Å². The van der Waals surface area contributed by atoms with Crippen molar-refractivity contribution < 1.29 is 18.1 Å². The van der Waals surface area contributed by atoms with Crippen molar-refractivity contribution in [1.82, 2.24) is 10.0 Å². The van der Waals surface area contributed by atoms with Gasteiger partial charge in [0.2, 0.25) is 10.0 Å². The Labute approximate surface area is 147 Å². The molecule has 0 bridgehead atoms. The van der Waals surface area contributed by atoms with Gasteiger partial charge in [0.05, 0.1) is 12.0 Å². The van der Waals surface area contributed by atoms with Gasteiger partial charge in [-0.1, -0.05) is 0 Å². The molecule has 1 fully saturated rings. The molecule has 0 saturated carbocycles. The first kappa shape index (κ1) is 20.6. The van der Waals surface area contributed by atoms with Crippen LogP contribution in [-0.2, 0) is 10.0 Å². The van der Waals surface area contributed by atoms with Crippen molar-refractivity contribution in [3.05, 3.63) is 28.3 Å². The van der Waals surface area contributed by atoms with Crippen molar-refractivity contribution in [1.29, 1.82) is 0 Å². The van der Waals surface area contributed by atoms with Gasteiger partial charge in [-0.3, -0.25) is 10.1 Å². The van der Waals surface area contributed by atoms with E-state index in [1.807, 2.05) is 0 Å². The second-order valence-electron chi connectivity index (χ2n) is 5.49. The van der Waals surface area contributed by atoms with Crippen LogP contribution in [-0.4, -0.2) is 40.1 Å². The van der Waals surface area contributed by atoms with Gasteiger partial charge < -0.3 is 10.1 Å². The third-order valence-electron chi connectivity index (χ3n) is 3.89. The summed E-state index contributed by atoms with van der Waals surface area (Å²) in [7, 11) is -2.53. The molecular weight excluding hydrogens is 358 g/mol. The maximum atomic E-state index is 12.4. The van der Waals surface area contributed by atoms with E-state index in [-0.39, 0.29) is 28.7 Å². The number of piperidine rings is 1. The molecule has 1 saturated heterocycles. The molecule has 1 heterocycles. The van der Waals surface area contributed by atoms with Gasteiger partial charge in [0, 0.05) is 18.7 Å². The minimum Gasteiger partial charge on any atom is -0.495 e. The molecule has 1 aliphatic rings. The van der Waals surface area contributed by atoms with E-state index in [0.717, 1.165) is 38.4 Å². The monoisotopic (exact) mass is 379 g/mol. The summed E-state index contributed by atoms with van der Waals surface area (Å²) in [6.45, 7) is 2.19. The van der Waals surface area contributed by atoms with Gasteiger partial charge in [-0.25, -0.2) is 13.1 Å². The Morgan fingerprint density at radius 3 is 2.79 bits per heavy atom. The van der Waals surface area contributed by atoms with E-state index in [9.17, 15) is 18.5 Å². The Morgan fingerprint density at radius 1 is 1.46 bits per heavy atom. The number of sulfonamides is 1. The molecule has 1 aromatic carbocycles. The largest absolute Gasteiger partial charge is 0.495 e. The summed E-state index contributed by atoms with van der Waals surface area (Å²) in [6.07, 6.45) is 2.90. The zero-order valence-electron chi connectivity index (χ0n) is 13.4. The fourth-order valence-electron chi connectivity index (χ4n) is 2.63. The highest BCUT2D eigenvalue weighted by atomic mass is 35.5. The molecule has 2 N–H and O–H groups in total. The van der Waals surface area contributed by atoms with E-state index in [1.165, 1.54) is 19.2 Å². The first-order valence-electron chi connectivity index (χ1n) is 7.47. The average molecular weight is 380 g/mol. The molecule has 1 atom stereocenters. The van der Waals surface area contributed by atoms with Crippen molar-refractivity contribution in [2.24, 2.45) is 5.92 Å². The summed E-state index contributed by atoms with van der Waals surface area (Å²) in [5, 5.41) is 14.1. The highest BCUT2D eigenvalue weighted by Gasteiger charge is 2.23. The average Bonchev–Trinajstić information content (AvgIpc) is 2.55. The number of hydrogen-bond donors (Lipinski definition) is 2. The smallest absolute Gasteiger partial charge is 0.271 e. The summed E-state index contributed by atoms with van der Waals surface area (Å²) in [4.78, 5) is 10.00. The number of halogens is 1. The minimum absolute atomic E-state index is 0. The molecule has 0 radical (unpaired) electrons.